The molecular formula is C7H15NO. The smallest absolute Gasteiger partial charge is 0.0769 e. The van der Waals surface area contributed by atoms with Crippen molar-refractivity contribution in [2.24, 2.45) is 5.92 Å². The van der Waals surface area contributed by atoms with Gasteiger partial charge in [0.05, 0.1) is 5.60 Å². The fourth-order valence-electron chi connectivity index (χ4n) is 1.15. The van der Waals surface area contributed by atoms with Crippen LogP contribution in [-0.4, -0.2) is 23.8 Å². The maximum absolute atomic E-state index is 9.58. The Morgan fingerprint density at radius 2 is 2.33 bits per heavy atom. The van der Waals surface area contributed by atoms with Crippen molar-refractivity contribution in [1.82, 2.24) is 5.32 Å². The van der Waals surface area contributed by atoms with Crippen molar-refractivity contribution in [1.29, 1.82) is 0 Å². The van der Waals surface area contributed by atoms with Gasteiger partial charge in [0.25, 0.3) is 0 Å². The Morgan fingerprint density at radius 3 is 2.67 bits per heavy atom. The van der Waals surface area contributed by atoms with E-state index in [0.717, 1.165) is 19.5 Å². The predicted octanol–water partition coefficient (Wildman–Crippen LogP) is 0.367. The maximum Gasteiger partial charge on any atom is 0.0769 e. The Bertz CT molecular complexity index is 101. The monoisotopic (exact) mass is 129 g/mol. The van der Waals surface area contributed by atoms with E-state index in [4.69, 9.17) is 0 Å². The summed E-state index contributed by atoms with van der Waals surface area (Å²) in [7, 11) is 0. The van der Waals surface area contributed by atoms with Crippen molar-refractivity contribution in [2.45, 2.75) is 25.9 Å². The lowest BCUT2D eigenvalue weighted by molar-refractivity contribution is -0.0115. The standard InChI is InChI=1S/C7H15NO/c1-6-3-4-8-5-7(6,2)9/h6,8-9H,3-5H2,1-2H3/t6-,7+/m1/s1. The van der Waals surface area contributed by atoms with Crippen molar-refractivity contribution in [3.63, 3.8) is 0 Å². The Hall–Kier alpha value is -0.0800. The Kier molecular flexibility index (Phi) is 1.78. The van der Waals surface area contributed by atoms with Crippen LogP contribution in [0.5, 0.6) is 0 Å². The highest BCUT2D eigenvalue weighted by molar-refractivity contribution is 4.85. The van der Waals surface area contributed by atoms with Gasteiger partial charge in [-0.1, -0.05) is 6.92 Å². The van der Waals surface area contributed by atoms with Crippen LogP contribution in [0.25, 0.3) is 0 Å². The molecule has 1 saturated heterocycles. The molecule has 2 N–H and O–H groups in total. The van der Waals surface area contributed by atoms with Crippen molar-refractivity contribution in [2.75, 3.05) is 13.1 Å². The molecule has 0 aromatic carbocycles. The van der Waals surface area contributed by atoms with Crippen LogP contribution in [0.15, 0.2) is 0 Å². The van der Waals surface area contributed by atoms with Crippen LogP contribution in [-0.2, 0) is 0 Å². The first-order valence-electron chi connectivity index (χ1n) is 3.56. The summed E-state index contributed by atoms with van der Waals surface area (Å²) in [5.74, 6) is 0.443. The third kappa shape index (κ3) is 1.43. The van der Waals surface area contributed by atoms with Gasteiger partial charge in [-0.25, -0.2) is 0 Å². The van der Waals surface area contributed by atoms with Gasteiger partial charge in [0.2, 0.25) is 0 Å². The van der Waals surface area contributed by atoms with E-state index in [1.807, 2.05) is 6.92 Å². The second kappa shape index (κ2) is 2.27. The van der Waals surface area contributed by atoms with Gasteiger partial charge in [-0.05, 0) is 25.8 Å². The van der Waals surface area contributed by atoms with Gasteiger partial charge >= 0.3 is 0 Å². The molecule has 0 unspecified atom stereocenters. The summed E-state index contributed by atoms with van der Waals surface area (Å²) in [5.41, 5.74) is -0.474. The van der Waals surface area contributed by atoms with E-state index < -0.39 is 5.60 Å². The molecule has 2 atom stereocenters. The van der Waals surface area contributed by atoms with Gasteiger partial charge in [0, 0.05) is 6.54 Å². The summed E-state index contributed by atoms with van der Waals surface area (Å²) in [5, 5.41) is 12.7. The molecule has 1 rings (SSSR count). The van der Waals surface area contributed by atoms with Crippen molar-refractivity contribution < 1.29 is 5.11 Å². The summed E-state index contributed by atoms with van der Waals surface area (Å²) >= 11 is 0. The van der Waals surface area contributed by atoms with E-state index in [0.29, 0.717) is 5.92 Å². The fraction of sp³-hybridized carbons (Fsp3) is 1.00. The first kappa shape index (κ1) is 7.03. The Labute approximate surface area is 56.3 Å². The molecule has 1 fully saturated rings. The summed E-state index contributed by atoms with van der Waals surface area (Å²) < 4.78 is 0. The van der Waals surface area contributed by atoms with Gasteiger partial charge in [-0.2, -0.15) is 0 Å². The molecule has 2 heteroatoms. The van der Waals surface area contributed by atoms with E-state index in [-0.39, 0.29) is 0 Å². The van der Waals surface area contributed by atoms with Gasteiger partial charge in [-0.15, -0.1) is 0 Å². The van der Waals surface area contributed by atoms with Crippen LogP contribution in [0, 0.1) is 5.92 Å². The first-order valence-corrected chi connectivity index (χ1v) is 3.56. The highest BCUT2D eigenvalue weighted by Crippen LogP contribution is 2.21. The number of hydrogen-bond donors (Lipinski definition) is 2. The van der Waals surface area contributed by atoms with Gasteiger partial charge in [-0.3, -0.25) is 0 Å². The third-order valence-electron chi connectivity index (χ3n) is 2.30. The summed E-state index contributed by atoms with van der Waals surface area (Å²) in [6, 6.07) is 0. The van der Waals surface area contributed by atoms with Crippen LogP contribution < -0.4 is 5.32 Å². The summed E-state index contributed by atoms with van der Waals surface area (Å²) in [6.07, 6.45) is 1.09. The molecule has 0 bridgehead atoms. The average molecular weight is 129 g/mol. The molecule has 1 aliphatic rings. The van der Waals surface area contributed by atoms with Crippen LogP contribution in [0.2, 0.25) is 0 Å². The largest absolute Gasteiger partial charge is 0.389 e. The zero-order valence-electron chi connectivity index (χ0n) is 6.15. The van der Waals surface area contributed by atoms with Gasteiger partial charge < -0.3 is 10.4 Å². The normalized spacial score (nSPS) is 45.0. The number of hydrogen-bond acceptors (Lipinski definition) is 2. The molecule has 0 amide bonds. The molecule has 2 nitrogen and oxygen atoms in total. The van der Waals surface area contributed by atoms with E-state index in [2.05, 4.69) is 12.2 Å². The maximum atomic E-state index is 9.58. The molecule has 9 heavy (non-hydrogen) atoms. The number of nitrogens with one attached hydrogen (secondary N) is 1. The molecule has 0 aromatic heterocycles. The van der Waals surface area contributed by atoms with E-state index in [9.17, 15) is 5.11 Å². The fourth-order valence-corrected chi connectivity index (χ4v) is 1.15. The predicted molar refractivity (Wildman–Crippen MR) is 37.3 cm³/mol. The zero-order valence-corrected chi connectivity index (χ0v) is 6.15. The summed E-state index contributed by atoms with van der Waals surface area (Å²) in [4.78, 5) is 0. The molecule has 1 aliphatic heterocycles. The quantitative estimate of drug-likeness (QED) is 0.495. The number of aliphatic hydroxyl groups is 1. The highest BCUT2D eigenvalue weighted by atomic mass is 16.3. The Balaban J connectivity index is 2.49. The lowest BCUT2D eigenvalue weighted by Gasteiger charge is -2.35. The van der Waals surface area contributed by atoms with Crippen LogP contribution in [0.4, 0.5) is 0 Å². The molecular weight excluding hydrogens is 114 g/mol. The number of β-amino-alcohol motifs (C(OH)–C–C–N with tert-alkyl or cyclic N) is 1. The minimum Gasteiger partial charge on any atom is -0.389 e. The van der Waals surface area contributed by atoms with Crippen molar-refractivity contribution in [3.8, 4) is 0 Å². The Morgan fingerprint density at radius 1 is 1.67 bits per heavy atom. The SMILES string of the molecule is C[C@@H]1CCNC[C@]1(C)O. The highest BCUT2D eigenvalue weighted by Gasteiger charge is 2.30. The van der Waals surface area contributed by atoms with E-state index in [1.54, 1.807) is 0 Å². The number of rotatable bonds is 0. The van der Waals surface area contributed by atoms with E-state index in [1.165, 1.54) is 0 Å². The first-order chi connectivity index (χ1) is 4.13. The average Bonchev–Trinajstić information content (AvgIpc) is 1.77. The van der Waals surface area contributed by atoms with Crippen LogP contribution >= 0.6 is 0 Å². The topological polar surface area (TPSA) is 32.3 Å². The second-order valence-corrected chi connectivity index (χ2v) is 3.22. The zero-order chi connectivity index (χ0) is 6.91. The van der Waals surface area contributed by atoms with E-state index >= 15 is 0 Å². The van der Waals surface area contributed by atoms with Crippen molar-refractivity contribution >= 4 is 0 Å². The molecule has 0 spiro atoms. The molecule has 0 radical (unpaired) electrons. The minimum absolute atomic E-state index is 0.443. The van der Waals surface area contributed by atoms with Crippen LogP contribution in [0.3, 0.4) is 0 Å². The molecule has 54 valence electrons. The summed E-state index contributed by atoms with van der Waals surface area (Å²) in [6.45, 7) is 5.79. The van der Waals surface area contributed by atoms with Crippen molar-refractivity contribution in [3.05, 3.63) is 0 Å². The molecule has 0 aliphatic carbocycles. The van der Waals surface area contributed by atoms with Gasteiger partial charge in [0.1, 0.15) is 0 Å². The lowest BCUT2D eigenvalue weighted by Crippen LogP contribution is -2.48. The minimum atomic E-state index is -0.474. The molecule has 0 aromatic rings. The third-order valence-corrected chi connectivity index (χ3v) is 2.30. The lowest BCUT2D eigenvalue weighted by atomic mass is 9.85. The molecule has 1 heterocycles. The van der Waals surface area contributed by atoms with Crippen LogP contribution in [0.1, 0.15) is 20.3 Å². The second-order valence-electron chi connectivity index (χ2n) is 3.22. The molecule has 0 saturated carbocycles. The van der Waals surface area contributed by atoms with Gasteiger partial charge in [0.15, 0.2) is 0 Å². The number of piperidine rings is 1.